The fourth-order valence-corrected chi connectivity index (χ4v) is 2.71. The first kappa shape index (κ1) is 24.5. The molecule has 2 N–H and O–H groups in total. The molecule has 0 aliphatic carbocycles. The maximum Gasteiger partial charge on any atom is 0.243 e. The summed E-state index contributed by atoms with van der Waals surface area (Å²) < 4.78 is 10.6. The quantitative estimate of drug-likeness (QED) is 0.323. The second-order valence-electron chi connectivity index (χ2n) is 6.18. The van der Waals surface area contributed by atoms with Crippen LogP contribution in [0.3, 0.4) is 0 Å². The molecule has 1 amide bonds. The van der Waals surface area contributed by atoms with Crippen LogP contribution < -0.4 is 20.1 Å². The van der Waals surface area contributed by atoms with Crippen molar-refractivity contribution in [2.24, 2.45) is 4.99 Å². The van der Waals surface area contributed by atoms with Crippen molar-refractivity contribution in [2.45, 2.75) is 6.42 Å². The molecule has 0 bridgehead atoms. The van der Waals surface area contributed by atoms with Crippen LogP contribution in [0.5, 0.6) is 11.5 Å². The Labute approximate surface area is 189 Å². The highest BCUT2D eigenvalue weighted by molar-refractivity contribution is 14.0. The zero-order valence-corrected chi connectivity index (χ0v) is 19.6. The number of anilines is 1. The molecule has 0 saturated carbocycles. The van der Waals surface area contributed by atoms with E-state index < -0.39 is 0 Å². The van der Waals surface area contributed by atoms with Crippen molar-refractivity contribution >= 4 is 41.5 Å². The molecule has 2 aromatic carbocycles. The zero-order chi connectivity index (χ0) is 20.4. The summed E-state index contributed by atoms with van der Waals surface area (Å²) in [5.74, 6) is 1.95. The van der Waals surface area contributed by atoms with Crippen LogP contribution in [0.25, 0.3) is 0 Å². The Bertz CT molecular complexity index is 800. The number of halogens is 1. The second kappa shape index (κ2) is 12.9. The lowest BCUT2D eigenvalue weighted by Gasteiger charge is -2.22. The molecular formula is C21H29IN4O3. The normalized spacial score (nSPS) is 10.6. The Morgan fingerprint density at radius 3 is 2.38 bits per heavy atom. The molecule has 158 valence electrons. The second-order valence-corrected chi connectivity index (χ2v) is 6.18. The average Bonchev–Trinajstić information content (AvgIpc) is 2.73. The average molecular weight is 512 g/mol. The summed E-state index contributed by atoms with van der Waals surface area (Å²) in [5, 5.41) is 5.93. The lowest BCUT2D eigenvalue weighted by atomic mass is 10.1. The number of amides is 1. The van der Waals surface area contributed by atoms with Crippen molar-refractivity contribution in [3.8, 4) is 11.5 Å². The summed E-state index contributed by atoms with van der Waals surface area (Å²) >= 11 is 0. The molecule has 0 fully saturated rings. The predicted molar refractivity (Wildman–Crippen MR) is 128 cm³/mol. The van der Waals surface area contributed by atoms with Gasteiger partial charge in [-0.15, -0.1) is 24.0 Å². The molecule has 0 aliphatic rings. The van der Waals surface area contributed by atoms with Crippen molar-refractivity contribution in [3.63, 3.8) is 0 Å². The highest BCUT2D eigenvalue weighted by atomic mass is 127. The summed E-state index contributed by atoms with van der Waals surface area (Å²) in [6.45, 7) is 0.873. The first-order valence-corrected chi connectivity index (χ1v) is 9.05. The fourth-order valence-electron chi connectivity index (χ4n) is 2.71. The number of nitrogens with one attached hydrogen (secondary N) is 2. The number of rotatable bonds is 8. The molecule has 0 heterocycles. The summed E-state index contributed by atoms with van der Waals surface area (Å²) in [5.41, 5.74) is 1.90. The van der Waals surface area contributed by atoms with Crippen molar-refractivity contribution in [1.29, 1.82) is 0 Å². The van der Waals surface area contributed by atoms with E-state index in [2.05, 4.69) is 15.6 Å². The van der Waals surface area contributed by atoms with E-state index in [4.69, 9.17) is 9.47 Å². The van der Waals surface area contributed by atoms with E-state index >= 15 is 0 Å². The number of nitrogens with zero attached hydrogens (tertiary/aromatic N) is 2. The molecule has 0 aliphatic heterocycles. The number of carbonyl (C=O) groups is 1. The van der Waals surface area contributed by atoms with Gasteiger partial charge in [0.15, 0.2) is 17.5 Å². The summed E-state index contributed by atoms with van der Waals surface area (Å²) in [4.78, 5) is 18.3. The van der Waals surface area contributed by atoms with Gasteiger partial charge in [0.1, 0.15) is 0 Å². The van der Waals surface area contributed by atoms with Gasteiger partial charge in [-0.1, -0.05) is 24.3 Å². The van der Waals surface area contributed by atoms with Crippen LogP contribution in [0.4, 0.5) is 5.69 Å². The Hall–Kier alpha value is -2.49. The number of aliphatic imine (C=N–C) groups is 1. The molecule has 0 saturated heterocycles. The predicted octanol–water partition coefficient (Wildman–Crippen LogP) is 3.01. The highest BCUT2D eigenvalue weighted by Crippen LogP contribution is 2.27. The lowest BCUT2D eigenvalue weighted by molar-refractivity contribution is -0.115. The van der Waals surface area contributed by atoms with E-state index in [-0.39, 0.29) is 36.4 Å². The Balaban J connectivity index is 0.00000420. The molecule has 2 rings (SSSR count). The number of benzene rings is 2. The zero-order valence-electron chi connectivity index (χ0n) is 17.3. The van der Waals surface area contributed by atoms with Gasteiger partial charge in [0.05, 0.1) is 20.8 Å². The fraction of sp³-hybridized carbons (Fsp3) is 0.333. The van der Waals surface area contributed by atoms with Crippen LogP contribution in [0.2, 0.25) is 0 Å². The Morgan fingerprint density at radius 2 is 1.76 bits per heavy atom. The SMILES string of the molecule is CN=C(NCC(=O)Nc1ccccc1)N(C)CCc1ccc(OC)c(OC)c1.I. The molecule has 0 aromatic heterocycles. The third-order valence-corrected chi connectivity index (χ3v) is 4.22. The summed E-state index contributed by atoms with van der Waals surface area (Å²) in [6, 6.07) is 15.2. The van der Waals surface area contributed by atoms with Gasteiger partial charge in [0.2, 0.25) is 5.91 Å². The summed E-state index contributed by atoms with van der Waals surface area (Å²) in [7, 11) is 6.88. The van der Waals surface area contributed by atoms with Crippen LogP contribution in [0.1, 0.15) is 5.56 Å². The highest BCUT2D eigenvalue weighted by Gasteiger charge is 2.10. The number of hydrogen-bond donors (Lipinski definition) is 2. The van der Waals surface area contributed by atoms with Gasteiger partial charge in [0, 0.05) is 26.3 Å². The van der Waals surface area contributed by atoms with E-state index in [0.29, 0.717) is 17.5 Å². The Kier molecular flexibility index (Phi) is 10.9. The lowest BCUT2D eigenvalue weighted by Crippen LogP contribution is -2.43. The van der Waals surface area contributed by atoms with Crippen molar-refractivity contribution < 1.29 is 14.3 Å². The maximum absolute atomic E-state index is 12.1. The first-order valence-electron chi connectivity index (χ1n) is 9.05. The number of methoxy groups -OCH3 is 2. The number of hydrogen-bond acceptors (Lipinski definition) is 4. The van der Waals surface area contributed by atoms with E-state index in [9.17, 15) is 4.79 Å². The number of ether oxygens (including phenoxy) is 2. The van der Waals surface area contributed by atoms with E-state index in [1.54, 1.807) is 21.3 Å². The van der Waals surface area contributed by atoms with Gasteiger partial charge >= 0.3 is 0 Å². The first-order chi connectivity index (χ1) is 13.6. The Morgan fingerprint density at radius 1 is 1.07 bits per heavy atom. The van der Waals surface area contributed by atoms with E-state index in [1.807, 2.05) is 60.5 Å². The molecule has 0 atom stereocenters. The number of likely N-dealkylation sites (N-methyl/N-ethyl adjacent to an activating group) is 1. The standard InChI is InChI=1S/C21H28N4O3.HI/c1-22-21(23-15-20(26)24-17-8-6-5-7-9-17)25(2)13-12-16-10-11-18(27-3)19(14-16)28-4;/h5-11,14H,12-13,15H2,1-4H3,(H,22,23)(H,24,26);1H. The van der Waals surface area contributed by atoms with Gasteiger partial charge in [-0.3, -0.25) is 9.79 Å². The van der Waals surface area contributed by atoms with Crippen LogP contribution in [0.15, 0.2) is 53.5 Å². The molecule has 7 nitrogen and oxygen atoms in total. The van der Waals surface area contributed by atoms with Crippen LogP contribution >= 0.6 is 24.0 Å². The smallest absolute Gasteiger partial charge is 0.243 e. The minimum Gasteiger partial charge on any atom is -0.493 e. The van der Waals surface area contributed by atoms with Gasteiger partial charge in [-0.25, -0.2) is 0 Å². The molecule has 0 spiro atoms. The van der Waals surface area contributed by atoms with Crippen LogP contribution in [0, 0.1) is 0 Å². The molecule has 8 heteroatoms. The minimum atomic E-state index is -0.124. The number of para-hydroxylation sites is 1. The van der Waals surface area contributed by atoms with Crippen molar-refractivity contribution in [1.82, 2.24) is 10.2 Å². The van der Waals surface area contributed by atoms with Gasteiger partial charge in [0.25, 0.3) is 0 Å². The third kappa shape index (κ3) is 7.80. The number of carbonyl (C=O) groups excluding carboxylic acids is 1. The summed E-state index contributed by atoms with van der Waals surface area (Å²) in [6.07, 6.45) is 0.799. The van der Waals surface area contributed by atoms with Crippen molar-refractivity contribution in [2.75, 3.05) is 46.7 Å². The molecule has 0 unspecified atom stereocenters. The largest absolute Gasteiger partial charge is 0.493 e. The van der Waals surface area contributed by atoms with Gasteiger partial charge in [-0.05, 0) is 36.2 Å². The van der Waals surface area contributed by atoms with Gasteiger partial charge in [-0.2, -0.15) is 0 Å². The van der Waals surface area contributed by atoms with E-state index in [0.717, 1.165) is 24.2 Å². The molecule has 29 heavy (non-hydrogen) atoms. The molecular weight excluding hydrogens is 483 g/mol. The minimum absolute atomic E-state index is 0. The monoisotopic (exact) mass is 512 g/mol. The van der Waals surface area contributed by atoms with Crippen LogP contribution in [-0.4, -0.2) is 58.2 Å². The van der Waals surface area contributed by atoms with Gasteiger partial charge < -0.3 is 25.0 Å². The number of guanidine groups is 1. The topological polar surface area (TPSA) is 75.2 Å². The van der Waals surface area contributed by atoms with Crippen molar-refractivity contribution in [3.05, 3.63) is 54.1 Å². The third-order valence-electron chi connectivity index (χ3n) is 4.22. The maximum atomic E-state index is 12.1. The molecule has 2 aromatic rings. The van der Waals surface area contributed by atoms with E-state index in [1.165, 1.54) is 0 Å². The molecule has 0 radical (unpaired) electrons. The van der Waals surface area contributed by atoms with Crippen LogP contribution in [-0.2, 0) is 11.2 Å².